The number of aromatic nitrogens is 1. The molecule has 1 saturated carbocycles. The Morgan fingerprint density at radius 2 is 2.00 bits per heavy atom. The quantitative estimate of drug-likeness (QED) is 0.645. The summed E-state index contributed by atoms with van der Waals surface area (Å²) in [6.07, 6.45) is 6.38. The predicted molar refractivity (Wildman–Crippen MR) is 79.5 cm³/mol. The van der Waals surface area contributed by atoms with Gasteiger partial charge in [0.2, 0.25) is 0 Å². The van der Waals surface area contributed by atoms with Gasteiger partial charge in [-0.25, -0.2) is 0 Å². The zero-order chi connectivity index (χ0) is 13.4. The van der Waals surface area contributed by atoms with Crippen molar-refractivity contribution in [1.29, 1.82) is 0 Å². The first-order valence-corrected chi connectivity index (χ1v) is 7.09. The zero-order valence-electron chi connectivity index (χ0n) is 11.3. The molecule has 2 nitrogen and oxygen atoms in total. The van der Waals surface area contributed by atoms with E-state index < -0.39 is 0 Å². The van der Waals surface area contributed by atoms with Crippen LogP contribution in [0.1, 0.15) is 60.9 Å². The number of hydrogen-bond donors (Lipinski definition) is 1. The minimum Gasteiger partial charge on any atom is -0.368 e. The van der Waals surface area contributed by atoms with Gasteiger partial charge in [-0.1, -0.05) is 31.4 Å². The van der Waals surface area contributed by atoms with Gasteiger partial charge in [0.05, 0.1) is 0 Å². The fourth-order valence-electron chi connectivity index (χ4n) is 3.29. The predicted octanol–water partition coefficient (Wildman–Crippen LogP) is 3.21. The number of hydrogen-bond acceptors (Lipinski definition) is 1. The van der Waals surface area contributed by atoms with E-state index in [2.05, 4.69) is 4.98 Å². The van der Waals surface area contributed by atoms with E-state index in [0.29, 0.717) is 5.92 Å². The van der Waals surface area contributed by atoms with Crippen molar-refractivity contribution < 1.29 is 4.79 Å². The molecule has 0 amide bonds. The van der Waals surface area contributed by atoms with Crippen LogP contribution in [0.5, 0.6) is 0 Å². The lowest BCUT2D eigenvalue weighted by molar-refractivity contribution is 0.101. The minimum absolute atomic E-state index is 0.0919. The van der Waals surface area contributed by atoms with Crippen LogP contribution < -0.4 is 5.59 Å². The molecule has 3 heteroatoms. The molecule has 2 aromatic rings. The van der Waals surface area contributed by atoms with E-state index in [4.69, 9.17) is 7.85 Å². The molecule has 0 unspecified atom stereocenters. The molecule has 1 aliphatic carbocycles. The van der Waals surface area contributed by atoms with Gasteiger partial charge in [-0.3, -0.25) is 4.79 Å². The Hall–Kier alpha value is -1.51. The standard InChI is InChI=1S/C16H18BNO/c1-10(19)12-7-8-13-14(9-12)18-16(17)15(13)11-5-3-2-4-6-11/h7-9,11,18H,2-6H2,1H3. The van der Waals surface area contributed by atoms with Gasteiger partial charge in [0.1, 0.15) is 7.85 Å². The molecule has 1 N–H and O–H groups in total. The fourth-order valence-corrected chi connectivity index (χ4v) is 3.29. The number of fused-ring (bicyclic) bond motifs is 1. The number of H-pyrrole nitrogens is 1. The van der Waals surface area contributed by atoms with Gasteiger partial charge < -0.3 is 4.98 Å². The number of benzene rings is 1. The maximum absolute atomic E-state index is 11.4. The molecule has 96 valence electrons. The van der Waals surface area contributed by atoms with Crippen molar-refractivity contribution in [1.82, 2.24) is 4.98 Å². The highest BCUT2D eigenvalue weighted by molar-refractivity contribution is 6.34. The number of rotatable bonds is 2. The SMILES string of the molecule is [B]c1[nH]c2cc(C(C)=O)ccc2c1C1CCCCC1. The van der Waals surface area contributed by atoms with Gasteiger partial charge in [0.25, 0.3) is 0 Å². The number of ketones is 1. The summed E-state index contributed by atoms with van der Waals surface area (Å²) in [7, 11) is 6.17. The first-order valence-electron chi connectivity index (χ1n) is 7.09. The Bertz CT molecular complexity index is 623. The third kappa shape index (κ3) is 2.22. The molecule has 0 saturated heterocycles. The monoisotopic (exact) mass is 251 g/mol. The molecule has 0 bridgehead atoms. The number of carbonyl (C=O) groups excluding carboxylic acids is 1. The van der Waals surface area contributed by atoms with Gasteiger partial charge >= 0.3 is 0 Å². The van der Waals surface area contributed by atoms with Crippen LogP contribution in [0.3, 0.4) is 0 Å². The summed E-state index contributed by atoms with van der Waals surface area (Å²) in [5.41, 5.74) is 3.78. The van der Waals surface area contributed by atoms with E-state index in [0.717, 1.165) is 16.7 Å². The lowest BCUT2D eigenvalue weighted by Gasteiger charge is -2.22. The maximum Gasteiger partial charge on any atom is 0.159 e. The van der Waals surface area contributed by atoms with Crippen molar-refractivity contribution in [2.45, 2.75) is 44.9 Å². The highest BCUT2D eigenvalue weighted by Crippen LogP contribution is 2.35. The summed E-state index contributed by atoms with van der Waals surface area (Å²) in [6, 6.07) is 5.87. The molecule has 0 atom stereocenters. The van der Waals surface area contributed by atoms with Crippen molar-refractivity contribution in [3.05, 3.63) is 29.3 Å². The van der Waals surface area contributed by atoms with Gasteiger partial charge in [0, 0.05) is 16.5 Å². The van der Waals surface area contributed by atoms with E-state index in [-0.39, 0.29) is 5.78 Å². The largest absolute Gasteiger partial charge is 0.368 e. The summed E-state index contributed by atoms with van der Waals surface area (Å²) in [5.74, 6) is 0.667. The van der Waals surface area contributed by atoms with E-state index >= 15 is 0 Å². The zero-order valence-corrected chi connectivity index (χ0v) is 11.3. The first kappa shape index (κ1) is 12.5. The topological polar surface area (TPSA) is 32.9 Å². The highest BCUT2D eigenvalue weighted by Gasteiger charge is 2.21. The summed E-state index contributed by atoms with van der Waals surface area (Å²) in [6.45, 7) is 1.59. The molecule has 0 spiro atoms. The number of nitrogens with one attached hydrogen (secondary N) is 1. The number of aromatic amines is 1. The average Bonchev–Trinajstić information content (AvgIpc) is 2.74. The second kappa shape index (κ2) is 4.88. The van der Waals surface area contributed by atoms with Crippen molar-refractivity contribution in [3.63, 3.8) is 0 Å². The van der Waals surface area contributed by atoms with E-state index in [1.807, 2.05) is 18.2 Å². The second-order valence-corrected chi connectivity index (χ2v) is 5.60. The highest BCUT2D eigenvalue weighted by atomic mass is 16.1. The Kier molecular flexibility index (Phi) is 3.22. The summed E-state index contributed by atoms with van der Waals surface area (Å²) >= 11 is 0. The summed E-state index contributed by atoms with van der Waals surface area (Å²) in [5, 5.41) is 1.19. The molecule has 19 heavy (non-hydrogen) atoms. The summed E-state index contributed by atoms with van der Waals surface area (Å²) in [4.78, 5) is 14.7. The molecular weight excluding hydrogens is 233 g/mol. The lowest BCUT2D eigenvalue weighted by atomic mass is 9.80. The van der Waals surface area contributed by atoms with Crippen molar-refractivity contribution in [2.75, 3.05) is 0 Å². The maximum atomic E-state index is 11.4. The summed E-state index contributed by atoms with van der Waals surface area (Å²) < 4.78 is 0. The van der Waals surface area contributed by atoms with Crippen molar-refractivity contribution in [3.8, 4) is 0 Å². The molecule has 0 aliphatic heterocycles. The van der Waals surface area contributed by atoms with E-state index in [1.54, 1.807) is 6.92 Å². The first-order chi connectivity index (χ1) is 9.16. The lowest BCUT2D eigenvalue weighted by Crippen LogP contribution is -2.15. The Morgan fingerprint density at radius 3 is 2.68 bits per heavy atom. The van der Waals surface area contributed by atoms with Crippen LogP contribution in [0.4, 0.5) is 0 Å². The molecule has 1 heterocycles. The fraction of sp³-hybridized carbons (Fsp3) is 0.438. The molecule has 1 aromatic carbocycles. The van der Waals surface area contributed by atoms with E-state index in [9.17, 15) is 4.79 Å². The Labute approximate surface area is 115 Å². The van der Waals surface area contributed by atoms with Gasteiger partial charge in [0.15, 0.2) is 5.78 Å². The van der Waals surface area contributed by atoms with Crippen LogP contribution in [0.25, 0.3) is 10.9 Å². The van der Waals surface area contributed by atoms with Gasteiger partial charge in [-0.2, -0.15) is 0 Å². The normalized spacial score (nSPS) is 16.9. The average molecular weight is 251 g/mol. The number of Topliss-reactive ketones (excluding diaryl/α,β-unsaturated/α-hetero) is 1. The van der Waals surface area contributed by atoms with Crippen LogP contribution in [0, 0.1) is 0 Å². The smallest absolute Gasteiger partial charge is 0.159 e. The van der Waals surface area contributed by atoms with E-state index in [1.165, 1.54) is 43.1 Å². The molecule has 2 radical (unpaired) electrons. The minimum atomic E-state index is 0.0919. The molecule has 1 fully saturated rings. The van der Waals surface area contributed by atoms with Crippen LogP contribution in [-0.2, 0) is 0 Å². The van der Waals surface area contributed by atoms with Crippen molar-refractivity contribution >= 4 is 30.1 Å². The van der Waals surface area contributed by atoms with Crippen LogP contribution in [0.15, 0.2) is 18.2 Å². The Balaban J connectivity index is 2.09. The number of carbonyl (C=O) groups is 1. The van der Waals surface area contributed by atoms with Gasteiger partial charge in [-0.05, 0) is 42.9 Å². The second-order valence-electron chi connectivity index (χ2n) is 5.60. The molecular formula is C16H18BNO. The molecule has 3 rings (SSSR count). The Morgan fingerprint density at radius 1 is 1.26 bits per heavy atom. The third-order valence-electron chi connectivity index (χ3n) is 4.29. The molecule has 1 aliphatic rings. The van der Waals surface area contributed by atoms with Gasteiger partial charge in [-0.15, -0.1) is 0 Å². The third-order valence-corrected chi connectivity index (χ3v) is 4.29. The molecule has 1 aromatic heterocycles. The van der Waals surface area contributed by atoms with Crippen molar-refractivity contribution in [2.24, 2.45) is 0 Å². The van der Waals surface area contributed by atoms with Crippen LogP contribution in [-0.4, -0.2) is 18.6 Å². The van der Waals surface area contributed by atoms with Crippen LogP contribution >= 0.6 is 0 Å². The van der Waals surface area contributed by atoms with Crippen LogP contribution in [0.2, 0.25) is 0 Å².